The van der Waals surface area contributed by atoms with Gasteiger partial charge in [0.05, 0.1) is 19.9 Å². The van der Waals surface area contributed by atoms with Crippen molar-refractivity contribution < 1.29 is 14.3 Å². The Morgan fingerprint density at radius 2 is 1.71 bits per heavy atom. The second kappa shape index (κ2) is 8.39. The van der Waals surface area contributed by atoms with Crippen molar-refractivity contribution in [1.82, 2.24) is 10.2 Å². The number of hydrogen-bond donors (Lipinski definition) is 2. The molecule has 0 aliphatic rings. The summed E-state index contributed by atoms with van der Waals surface area (Å²) in [5.41, 5.74) is 4.00. The molecule has 0 unspecified atom stereocenters. The number of amides is 1. The van der Waals surface area contributed by atoms with Crippen LogP contribution in [0.5, 0.6) is 11.5 Å². The molecule has 2 N–H and O–H groups in total. The number of benzene rings is 2. The van der Waals surface area contributed by atoms with Gasteiger partial charge in [0, 0.05) is 11.8 Å². The highest BCUT2D eigenvalue weighted by molar-refractivity contribution is 6.03. The zero-order chi connectivity index (χ0) is 20.1. The average molecular weight is 378 g/mol. The molecule has 1 aromatic heterocycles. The van der Waals surface area contributed by atoms with E-state index in [2.05, 4.69) is 27.8 Å². The summed E-state index contributed by atoms with van der Waals surface area (Å²) >= 11 is 0. The first-order valence-corrected chi connectivity index (χ1v) is 8.71. The molecule has 144 valence electrons. The largest absolute Gasteiger partial charge is 0.497 e. The highest BCUT2D eigenvalue weighted by Gasteiger charge is 2.13. The molecule has 28 heavy (non-hydrogen) atoms. The molecule has 3 aromatic rings. The highest BCUT2D eigenvalue weighted by atomic mass is 16.5. The van der Waals surface area contributed by atoms with Crippen molar-refractivity contribution >= 4 is 23.1 Å². The lowest BCUT2D eigenvalue weighted by molar-refractivity contribution is 0.102. The Hall–Kier alpha value is -3.61. The number of carbonyl (C=O) groups excluding carboxylic acids is 1. The number of ether oxygens (including phenoxy) is 2. The lowest BCUT2D eigenvalue weighted by Crippen LogP contribution is -2.15. The molecule has 0 radical (unpaired) electrons. The maximum atomic E-state index is 12.5. The first-order chi connectivity index (χ1) is 13.5. The number of carbonyl (C=O) groups is 1. The predicted octanol–water partition coefficient (Wildman–Crippen LogP) is 4.11. The van der Waals surface area contributed by atoms with Crippen molar-refractivity contribution in [3.63, 3.8) is 0 Å². The molecule has 7 nitrogen and oxygen atoms in total. The topological polar surface area (TPSA) is 85.4 Å². The standard InChI is InChI=1S/C21H22N4O3/c1-13-5-6-15(11-14(13)2)22-20-10-8-17(24-25-20)21(26)23-18-12-16(27-3)7-9-19(18)28-4/h5-12H,1-4H3,(H,22,25)(H,23,26). The summed E-state index contributed by atoms with van der Waals surface area (Å²) in [4.78, 5) is 12.5. The maximum Gasteiger partial charge on any atom is 0.276 e. The highest BCUT2D eigenvalue weighted by Crippen LogP contribution is 2.29. The number of nitrogens with zero attached hydrogens (tertiary/aromatic N) is 2. The molecule has 0 saturated heterocycles. The molecule has 0 saturated carbocycles. The van der Waals surface area contributed by atoms with Crippen LogP contribution in [-0.4, -0.2) is 30.3 Å². The number of hydrogen-bond acceptors (Lipinski definition) is 6. The van der Waals surface area contributed by atoms with Crippen LogP contribution in [0.2, 0.25) is 0 Å². The summed E-state index contributed by atoms with van der Waals surface area (Å²) in [6.45, 7) is 4.11. The molecule has 7 heteroatoms. The normalized spacial score (nSPS) is 10.3. The lowest BCUT2D eigenvalue weighted by Gasteiger charge is -2.11. The van der Waals surface area contributed by atoms with E-state index in [1.165, 1.54) is 18.2 Å². The van der Waals surface area contributed by atoms with Gasteiger partial charge in [-0.1, -0.05) is 6.07 Å². The third kappa shape index (κ3) is 4.37. The first-order valence-electron chi connectivity index (χ1n) is 8.71. The zero-order valence-corrected chi connectivity index (χ0v) is 16.2. The van der Waals surface area contributed by atoms with Crippen LogP contribution in [0.25, 0.3) is 0 Å². The third-order valence-electron chi connectivity index (χ3n) is 4.33. The van der Waals surface area contributed by atoms with Crippen LogP contribution in [-0.2, 0) is 0 Å². The molecular formula is C21H22N4O3. The SMILES string of the molecule is COc1ccc(OC)c(NC(=O)c2ccc(Nc3ccc(C)c(C)c3)nn2)c1. The fourth-order valence-electron chi connectivity index (χ4n) is 2.59. The summed E-state index contributed by atoms with van der Waals surface area (Å²) in [5, 5.41) is 14.0. The van der Waals surface area contributed by atoms with Crippen molar-refractivity contribution in [2.75, 3.05) is 24.9 Å². The van der Waals surface area contributed by atoms with E-state index in [4.69, 9.17) is 9.47 Å². The summed E-state index contributed by atoms with van der Waals surface area (Å²) in [7, 11) is 3.09. The van der Waals surface area contributed by atoms with Gasteiger partial charge in [-0.25, -0.2) is 0 Å². The summed E-state index contributed by atoms with van der Waals surface area (Å²) < 4.78 is 10.5. The van der Waals surface area contributed by atoms with E-state index in [0.717, 1.165) is 5.69 Å². The van der Waals surface area contributed by atoms with Crippen LogP contribution in [0.3, 0.4) is 0 Å². The molecule has 1 amide bonds. The van der Waals surface area contributed by atoms with Gasteiger partial charge in [-0.05, 0) is 61.4 Å². The molecule has 0 atom stereocenters. The van der Waals surface area contributed by atoms with E-state index in [9.17, 15) is 4.79 Å². The molecule has 2 aromatic carbocycles. The Morgan fingerprint density at radius 1 is 0.893 bits per heavy atom. The van der Waals surface area contributed by atoms with Crippen LogP contribution in [0.4, 0.5) is 17.2 Å². The van der Waals surface area contributed by atoms with Crippen LogP contribution < -0.4 is 20.1 Å². The summed E-state index contributed by atoms with van der Waals surface area (Å²) in [5.74, 6) is 1.29. The summed E-state index contributed by atoms with van der Waals surface area (Å²) in [6, 6.07) is 14.5. The number of anilines is 3. The lowest BCUT2D eigenvalue weighted by atomic mass is 10.1. The number of methoxy groups -OCH3 is 2. The van der Waals surface area contributed by atoms with Crippen molar-refractivity contribution in [3.05, 3.63) is 65.4 Å². The number of rotatable bonds is 6. The van der Waals surface area contributed by atoms with E-state index in [0.29, 0.717) is 23.0 Å². The number of aryl methyl sites for hydroxylation is 2. The number of aromatic nitrogens is 2. The van der Waals surface area contributed by atoms with Crippen molar-refractivity contribution in [3.8, 4) is 11.5 Å². The van der Waals surface area contributed by atoms with Crippen molar-refractivity contribution in [2.45, 2.75) is 13.8 Å². The fourth-order valence-corrected chi connectivity index (χ4v) is 2.59. The molecule has 0 bridgehead atoms. The maximum absolute atomic E-state index is 12.5. The van der Waals surface area contributed by atoms with Crippen LogP contribution in [0.1, 0.15) is 21.6 Å². The molecular weight excluding hydrogens is 356 g/mol. The van der Waals surface area contributed by atoms with Gasteiger partial charge in [0.1, 0.15) is 11.5 Å². The smallest absolute Gasteiger partial charge is 0.276 e. The fraction of sp³-hybridized carbons (Fsp3) is 0.190. The van der Waals surface area contributed by atoms with E-state index in [1.54, 1.807) is 37.4 Å². The van der Waals surface area contributed by atoms with E-state index in [-0.39, 0.29) is 5.69 Å². The number of nitrogens with one attached hydrogen (secondary N) is 2. The molecule has 3 rings (SSSR count). The Labute approximate surface area is 163 Å². The Kier molecular flexibility index (Phi) is 5.74. The summed E-state index contributed by atoms with van der Waals surface area (Å²) in [6.07, 6.45) is 0. The monoisotopic (exact) mass is 378 g/mol. The minimum Gasteiger partial charge on any atom is -0.497 e. The predicted molar refractivity (Wildman–Crippen MR) is 109 cm³/mol. The van der Waals surface area contributed by atoms with Crippen LogP contribution in [0.15, 0.2) is 48.5 Å². The van der Waals surface area contributed by atoms with E-state index < -0.39 is 5.91 Å². The molecule has 0 spiro atoms. The van der Waals surface area contributed by atoms with E-state index in [1.807, 2.05) is 25.1 Å². The van der Waals surface area contributed by atoms with Gasteiger partial charge in [0.25, 0.3) is 5.91 Å². The molecule has 1 heterocycles. The minimum absolute atomic E-state index is 0.190. The van der Waals surface area contributed by atoms with Crippen LogP contribution in [0, 0.1) is 13.8 Å². The minimum atomic E-state index is -0.392. The molecule has 0 aliphatic carbocycles. The Balaban J connectivity index is 1.72. The first kappa shape index (κ1) is 19.2. The third-order valence-corrected chi connectivity index (χ3v) is 4.33. The van der Waals surface area contributed by atoms with Gasteiger partial charge in [0.2, 0.25) is 0 Å². The van der Waals surface area contributed by atoms with Crippen molar-refractivity contribution in [1.29, 1.82) is 0 Å². The molecule has 0 aliphatic heterocycles. The quantitative estimate of drug-likeness (QED) is 0.671. The second-order valence-corrected chi connectivity index (χ2v) is 6.25. The second-order valence-electron chi connectivity index (χ2n) is 6.25. The van der Waals surface area contributed by atoms with Gasteiger partial charge in [-0.15, -0.1) is 10.2 Å². The molecule has 0 fully saturated rings. The van der Waals surface area contributed by atoms with Gasteiger partial charge in [-0.3, -0.25) is 4.79 Å². The van der Waals surface area contributed by atoms with Crippen LogP contribution >= 0.6 is 0 Å². The zero-order valence-electron chi connectivity index (χ0n) is 16.2. The Bertz CT molecular complexity index is 987. The van der Waals surface area contributed by atoms with Crippen molar-refractivity contribution in [2.24, 2.45) is 0 Å². The van der Waals surface area contributed by atoms with Gasteiger partial charge < -0.3 is 20.1 Å². The Morgan fingerprint density at radius 3 is 2.36 bits per heavy atom. The average Bonchev–Trinajstić information content (AvgIpc) is 2.71. The van der Waals surface area contributed by atoms with E-state index >= 15 is 0 Å². The van der Waals surface area contributed by atoms with Gasteiger partial charge in [-0.2, -0.15) is 0 Å². The van der Waals surface area contributed by atoms with Gasteiger partial charge >= 0.3 is 0 Å². The van der Waals surface area contributed by atoms with Gasteiger partial charge in [0.15, 0.2) is 11.5 Å².